The Labute approximate surface area is 134 Å². The Kier molecular flexibility index (Phi) is 3.83. The Balaban J connectivity index is 2.04. The number of nitrogen functional groups attached to an aromatic ring is 1. The first kappa shape index (κ1) is 14.6. The summed E-state index contributed by atoms with van der Waals surface area (Å²) in [4.78, 5) is 0.323. The smallest absolute Gasteiger partial charge is 0.130 e. The third-order valence-corrected chi connectivity index (χ3v) is 4.14. The molecule has 0 spiro atoms. The van der Waals surface area contributed by atoms with Crippen molar-refractivity contribution < 1.29 is 5.21 Å². The Morgan fingerprint density at radius 2 is 1.95 bits per heavy atom. The highest BCUT2D eigenvalue weighted by Crippen LogP contribution is 2.25. The van der Waals surface area contributed by atoms with Crippen LogP contribution < -0.4 is 11.2 Å². The van der Waals surface area contributed by atoms with Crippen molar-refractivity contribution in [3.05, 3.63) is 65.4 Å². The summed E-state index contributed by atoms with van der Waals surface area (Å²) < 4.78 is 2.10. The quantitative estimate of drug-likeness (QED) is 0.395. The van der Waals surface area contributed by atoms with Crippen molar-refractivity contribution in [2.24, 2.45) is 7.05 Å². The van der Waals surface area contributed by atoms with Crippen molar-refractivity contribution in [1.82, 2.24) is 10.0 Å². The molecule has 0 saturated carbocycles. The Morgan fingerprint density at radius 3 is 2.64 bits per heavy atom. The number of nitrogens with one attached hydrogen (secondary N) is 1. The van der Waals surface area contributed by atoms with E-state index < -0.39 is 0 Å². The number of fused-ring (bicyclic) bond motifs is 1. The van der Waals surface area contributed by atoms with E-state index in [-0.39, 0.29) is 0 Å². The number of hydrogen-bond acceptors (Lipinski definition) is 3. The maximum absolute atomic E-state index is 8.99. The molecule has 3 aromatic rings. The van der Waals surface area contributed by atoms with Crippen molar-refractivity contribution in [3.8, 4) is 0 Å². The zero-order valence-electron chi connectivity index (χ0n) is 12.2. The number of nitrogens with two attached hydrogens (primary N) is 1. The number of hydrogen-bond donors (Lipinski definition) is 3. The molecular formula is C17H17N3OS. The number of rotatable bonds is 3. The third kappa shape index (κ3) is 2.68. The molecule has 0 saturated heterocycles. The molecule has 0 unspecified atom stereocenters. The molecule has 0 aliphatic carbocycles. The first-order valence-electron chi connectivity index (χ1n) is 6.95. The van der Waals surface area contributed by atoms with Crippen LogP contribution in [0.1, 0.15) is 16.7 Å². The summed E-state index contributed by atoms with van der Waals surface area (Å²) in [7, 11) is 2.02. The second-order valence-electron chi connectivity index (χ2n) is 5.36. The fourth-order valence-electron chi connectivity index (χ4n) is 2.68. The van der Waals surface area contributed by atoms with Crippen LogP contribution in [0.4, 0.5) is 5.69 Å². The number of anilines is 1. The van der Waals surface area contributed by atoms with Gasteiger partial charge in [-0.25, -0.2) is 0 Å². The maximum atomic E-state index is 8.99. The number of aromatic nitrogens is 1. The largest absolute Gasteiger partial charge is 0.399 e. The average Bonchev–Trinajstić information content (AvgIpc) is 2.84. The van der Waals surface area contributed by atoms with Gasteiger partial charge in [0.05, 0.1) is 0 Å². The first-order chi connectivity index (χ1) is 10.6. The predicted octanol–water partition coefficient (Wildman–Crippen LogP) is 3.01. The van der Waals surface area contributed by atoms with E-state index in [1.165, 1.54) is 11.1 Å². The molecule has 2 aromatic carbocycles. The highest BCUT2D eigenvalue weighted by molar-refractivity contribution is 7.80. The monoisotopic (exact) mass is 311 g/mol. The van der Waals surface area contributed by atoms with Crippen LogP contribution in [-0.2, 0) is 13.5 Å². The second kappa shape index (κ2) is 5.79. The highest BCUT2D eigenvalue weighted by atomic mass is 32.1. The van der Waals surface area contributed by atoms with Gasteiger partial charge in [0, 0.05) is 35.4 Å². The molecule has 0 aliphatic rings. The fourth-order valence-corrected chi connectivity index (χ4v) is 2.80. The predicted molar refractivity (Wildman–Crippen MR) is 93.2 cm³/mol. The molecule has 1 aromatic heterocycles. The summed E-state index contributed by atoms with van der Waals surface area (Å²) in [6, 6.07) is 13.8. The molecule has 5 heteroatoms. The average molecular weight is 311 g/mol. The van der Waals surface area contributed by atoms with Gasteiger partial charge in [0.15, 0.2) is 0 Å². The van der Waals surface area contributed by atoms with E-state index >= 15 is 0 Å². The van der Waals surface area contributed by atoms with Crippen molar-refractivity contribution in [2.75, 3.05) is 5.73 Å². The van der Waals surface area contributed by atoms with Gasteiger partial charge in [0.2, 0.25) is 0 Å². The number of aryl methyl sites for hydroxylation is 1. The SMILES string of the molecule is Cn1cc(Cc2ccc(N)cc2)c2cc(C(=S)NO)ccc21. The van der Waals surface area contributed by atoms with E-state index in [9.17, 15) is 0 Å². The van der Waals surface area contributed by atoms with Gasteiger partial charge in [-0.1, -0.05) is 24.4 Å². The second-order valence-corrected chi connectivity index (χ2v) is 5.76. The van der Waals surface area contributed by atoms with E-state index in [4.69, 9.17) is 23.2 Å². The van der Waals surface area contributed by atoms with Crippen LogP contribution in [0.2, 0.25) is 0 Å². The van der Waals surface area contributed by atoms with Crippen LogP contribution in [0.5, 0.6) is 0 Å². The van der Waals surface area contributed by atoms with Gasteiger partial charge in [-0.2, -0.15) is 0 Å². The summed E-state index contributed by atoms with van der Waals surface area (Å²) in [6.45, 7) is 0. The molecule has 3 rings (SSSR count). The fraction of sp³-hybridized carbons (Fsp3) is 0.118. The molecule has 4 N–H and O–H groups in total. The van der Waals surface area contributed by atoms with E-state index in [0.29, 0.717) is 4.99 Å². The molecule has 0 aliphatic heterocycles. The molecular weight excluding hydrogens is 294 g/mol. The van der Waals surface area contributed by atoms with Crippen LogP contribution in [0, 0.1) is 0 Å². The van der Waals surface area contributed by atoms with E-state index in [0.717, 1.165) is 28.6 Å². The normalized spacial score (nSPS) is 10.8. The first-order valence-corrected chi connectivity index (χ1v) is 7.36. The van der Waals surface area contributed by atoms with E-state index in [1.54, 1.807) is 0 Å². The standard InChI is InChI=1S/C17H17N3OS/c1-20-10-13(8-11-2-5-14(18)6-3-11)15-9-12(17(22)19-21)4-7-16(15)20/h2-7,9-10,21H,8,18H2,1H3,(H,19,22). The summed E-state index contributed by atoms with van der Waals surface area (Å²) in [6.07, 6.45) is 2.95. The maximum Gasteiger partial charge on any atom is 0.130 e. The summed E-state index contributed by atoms with van der Waals surface area (Å²) in [5.41, 5.74) is 12.9. The Hall–Kier alpha value is -2.37. The summed E-state index contributed by atoms with van der Waals surface area (Å²) in [5, 5.41) is 10.1. The summed E-state index contributed by atoms with van der Waals surface area (Å²) in [5.74, 6) is 0. The number of benzene rings is 2. The van der Waals surface area contributed by atoms with Crippen LogP contribution in [0.3, 0.4) is 0 Å². The Morgan fingerprint density at radius 1 is 1.23 bits per heavy atom. The molecule has 0 fully saturated rings. The minimum Gasteiger partial charge on any atom is -0.399 e. The molecule has 112 valence electrons. The van der Waals surface area contributed by atoms with Crippen LogP contribution in [0.15, 0.2) is 48.7 Å². The molecule has 0 amide bonds. The summed E-state index contributed by atoms with van der Waals surface area (Å²) >= 11 is 5.10. The lowest BCUT2D eigenvalue weighted by Gasteiger charge is -2.04. The van der Waals surface area contributed by atoms with Crippen molar-refractivity contribution >= 4 is 33.8 Å². The molecule has 0 atom stereocenters. The van der Waals surface area contributed by atoms with Gasteiger partial charge in [0.1, 0.15) is 4.99 Å². The molecule has 0 bridgehead atoms. The van der Waals surface area contributed by atoms with Crippen LogP contribution >= 0.6 is 12.2 Å². The zero-order valence-corrected chi connectivity index (χ0v) is 13.0. The molecule has 1 heterocycles. The van der Waals surface area contributed by atoms with Crippen LogP contribution in [-0.4, -0.2) is 14.8 Å². The van der Waals surface area contributed by atoms with Gasteiger partial charge in [-0.05, 0) is 47.9 Å². The van der Waals surface area contributed by atoms with Gasteiger partial charge in [-0.3, -0.25) is 10.7 Å². The highest BCUT2D eigenvalue weighted by Gasteiger charge is 2.10. The lowest BCUT2D eigenvalue weighted by atomic mass is 10.0. The Bertz CT molecular complexity index is 837. The number of thiocarbonyl (C=S) groups is 1. The molecule has 4 nitrogen and oxygen atoms in total. The minimum absolute atomic E-state index is 0.323. The van der Waals surface area contributed by atoms with Gasteiger partial charge in [0.25, 0.3) is 0 Å². The van der Waals surface area contributed by atoms with Crippen molar-refractivity contribution in [3.63, 3.8) is 0 Å². The number of hydroxylamine groups is 1. The minimum atomic E-state index is 0.323. The van der Waals surface area contributed by atoms with Gasteiger partial charge >= 0.3 is 0 Å². The van der Waals surface area contributed by atoms with Gasteiger partial charge in [-0.15, -0.1) is 0 Å². The molecule has 0 radical (unpaired) electrons. The van der Waals surface area contributed by atoms with Crippen molar-refractivity contribution in [2.45, 2.75) is 6.42 Å². The van der Waals surface area contributed by atoms with Crippen LogP contribution in [0.25, 0.3) is 10.9 Å². The third-order valence-electron chi connectivity index (χ3n) is 3.81. The van der Waals surface area contributed by atoms with Crippen molar-refractivity contribution in [1.29, 1.82) is 0 Å². The lowest BCUT2D eigenvalue weighted by molar-refractivity contribution is 0.238. The van der Waals surface area contributed by atoms with Gasteiger partial charge < -0.3 is 10.3 Å². The molecule has 22 heavy (non-hydrogen) atoms. The van der Waals surface area contributed by atoms with E-state index in [1.807, 2.05) is 55.0 Å². The van der Waals surface area contributed by atoms with E-state index in [2.05, 4.69) is 10.8 Å². The topological polar surface area (TPSA) is 63.2 Å². The number of nitrogens with zero attached hydrogens (tertiary/aromatic N) is 1. The lowest BCUT2D eigenvalue weighted by Crippen LogP contribution is -2.17. The zero-order chi connectivity index (χ0) is 15.7.